The number of hydrogen-bond acceptors (Lipinski definition) is 3. The van der Waals surface area contributed by atoms with Crippen LogP contribution >= 0.6 is 0 Å². The number of rotatable bonds is 6. The molecule has 0 fully saturated rings. The minimum Gasteiger partial charge on any atom is -0.326 e. The second-order valence-corrected chi connectivity index (χ2v) is 7.99. The van der Waals surface area contributed by atoms with Crippen molar-refractivity contribution in [1.29, 1.82) is 0 Å². The van der Waals surface area contributed by atoms with E-state index in [0.717, 1.165) is 16.8 Å². The normalized spacial score (nSPS) is 11.1. The molecule has 154 valence electrons. The number of para-hydroxylation sites is 1. The molecule has 0 radical (unpaired) electrons. The van der Waals surface area contributed by atoms with Crippen molar-refractivity contribution in [3.8, 4) is 0 Å². The summed E-state index contributed by atoms with van der Waals surface area (Å²) in [6.07, 6.45) is 0. The van der Waals surface area contributed by atoms with Crippen LogP contribution in [0.25, 0.3) is 0 Å². The molecule has 0 spiro atoms. The summed E-state index contributed by atoms with van der Waals surface area (Å²) in [5.74, 6) is -0.787. The summed E-state index contributed by atoms with van der Waals surface area (Å²) in [5.41, 5.74) is 2.49. The van der Waals surface area contributed by atoms with Crippen LogP contribution in [0.5, 0.6) is 0 Å². The Balaban J connectivity index is 2.19. The first-order valence-corrected chi connectivity index (χ1v) is 9.62. The monoisotopic (exact) mass is 395 g/mol. The molecule has 3 N–H and O–H groups in total. The smallest absolute Gasteiger partial charge is 0.239 e. The molecule has 0 saturated carbocycles. The number of hydrogen-bond donors (Lipinski definition) is 3. The van der Waals surface area contributed by atoms with E-state index in [0.29, 0.717) is 11.4 Å². The van der Waals surface area contributed by atoms with Gasteiger partial charge < -0.3 is 16.0 Å². The summed E-state index contributed by atoms with van der Waals surface area (Å²) in [7, 11) is 0. The van der Waals surface area contributed by atoms with Crippen LogP contribution in [0.1, 0.15) is 51.7 Å². The summed E-state index contributed by atoms with van der Waals surface area (Å²) >= 11 is 0. The average molecular weight is 396 g/mol. The van der Waals surface area contributed by atoms with Gasteiger partial charge in [0.05, 0.1) is 0 Å². The van der Waals surface area contributed by atoms with Crippen molar-refractivity contribution in [1.82, 2.24) is 0 Å². The molecule has 3 amide bonds. The minimum absolute atomic E-state index is 0.202. The summed E-state index contributed by atoms with van der Waals surface area (Å²) in [5, 5.41) is 8.38. The third-order valence-corrected chi connectivity index (χ3v) is 4.74. The molecule has 0 aliphatic rings. The molecule has 6 heteroatoms. The van der Waals surface area contributed by atoms with Gasteiger partial charge in [0.15, 0.2) is 0 Å². The maximum Gasteiger partial charge on any atom is 0.239 e. The highest BCUT2D eigenvalue weighted by atomic mass is 16.2. The van der Waals surface area contributed by atoms with Gasteiger partial charge in [-0.25, -0.2) is 0 Å². The molecule has 29 heavy (non-hydrogen) atoms. The fourth-order valence-corrected chi connectivity index (χ4v) is 2.88. The van der Waals surface area contributed by atoms with E-state index < -0.39 is 11.3 Å². The van der Waals surface area contributed by atoms with E-state index in [1.807, 2.05) is 25.1 Å². The SMILES string of the molecule is CC(=O)Nc1cccc(NC(=O)C(C)(C)C(=O)Nc2c(C)cccc2C(C)C)c1. The third-order valence-electron chi connectivity index (χ3n) is 4.74. The summed E-state index contributed by atoms with van der Waals surface area (Å²) in [4.78, 5) is 37.0. The Kier molecular flexibility index (Phi) is 6.80. The molecular formula is C23H29N3O3. The van der Waals surface area contributed by atoms with E-state index in [4.69, 9.17) is 0 Å². The molecule has 0 saturated heterocycles. The number of benzene rings is 2. The Labute approximate surface area is 172 Å². The molecule has 0 aromatic heterocycles. The fourth-order valence-electron chi connectivity index (χ4n) is 2.88. The van der Waals surface area contributed by atoms with Crippen molar-refractivity contribution in [3.05, 3.63) is 53.6 Å². The lowest BCUT2D eigenvalue weighted by molar-refractivity contribution is -0.135. The Bertz CT molecular complexity index is 933. The second kappa shape index (κ2) is 8.90. The Morgan fingerprint density at radius 3 is 2.00 bits per heavy atom. The Morgan fingerprint density at radius 1 is 0.862 bits per heavy atom. The molecule has 2 aromatic rings. The molecule has 2 aromatic carbocycles. The van der Waals surface area contributed by atoms with Gasteiger partial charge in [-0.2, -0.15) is 0 Å². The largest absolute Gasteiger partial charge is 0.326 e. The van der Waals surface area contributed by atoms with Gasteiger partial charge in [0.2, 0.25) is 17.7 Å². The van der Waals surface area contributed by atoms with E-state index in [2.05, 4.69) is 29.8 Å². The predicted molar refractivity (Wildman–Crippen MR) is 117 cm³/mol. The first-order valence-electron chi connectivity index (χ1n) is 9.62. The molecule has 0 heterocycles. The number of aryl methyl sites for hydroxylation is 1. The standard InChI is InChI=1S/C23H29N3O3/c1-14(2)19-12-7-9-15(3)20(19)26-22(29)23(5,6)21(28)25-18-11-8-10-17(13-18)24-16(4)27/h7-14H,1-6H3,(H,24,27)(H,25,28)(H,26,29). The van der Waals surface area contributed by atoms with Crippen LogP contribution in [0.4, 0.5) is 17.1 Å². The lowest BCUT2D eigenvalue weighted by Crippen LogP contribution is -2.42. The van der Waals surface area contributed by atoms with E-state index in [9.17, 15) is 14.4 Å². The quantitative estimate of drug-likeness (QED) is 0.621. The number of anilines is 3. The van der Waals surface area contributed by atoms with Crippen LogP contribution in [-0.4, -0.2) is 17.7 Å². The lowest BCUT2D eigenvalue weighted by atomic mass is 9.90. The molecule has 0 aliphatic carbocycles. The third kappa shape index (κ3) is 5.44. The van der Waals surface area contributed by atoms with E-state index in [1.165, 1.54) is 6.92 Å². The second-order valence-electron chi connectivity index (χ2n) is 7.99. The van der Waals surface area contributed by atoms with Crippen LogP contribution in [0.2, 0.25) is 0 Å². The number of amides is 3. The van der Waals surface area contributed by atoms with Gasteiger partial charge in [0.25, 0.3) is 0 Å². The molecule has 2 rings (SSSR count). The predicted octanol–water partition coefficient (Wildman–Crippen LogP) is 4.68. The van der Waals surface area contributed by atoms with Gasteiger partial charge in [-0.15, -0.1) is 0 Å². The number of nitrogens with one attached hydrogen (secondary N) is 3. The Hall–Kier alpha value is -3.15. The van der Waals surface area contributed by atoms with Crippen LogP contribution in [0.3, 0.4) is 0 Å². The van der Waals surface area contributed by atoms with Gasteiger partial charge in [0.1, 0.15) is 5.41 Å². The van der Waals surface area contributed by atoms with E-state index >= 15 is 0 Å². The fraction of sp³-hybridized carbons (Fsp3) is 0.348. The van der Waals surface area contributed by atoms with Crippen LogP contribution < -0.4 is 16.0 Å². The lowest BCUT2D eigenvalue weighted by Gasteiger charge is -2.25. The maximum absolute atomic E-state index is 13.0. The highest BCUT2D eigenvalue weighted by molar-refractivity contribution is 6.14. The highest BCUT2D eigenvalue weighted by Crippen LogP contribution is 2.30. The van der Waals surface area contributed by atoms with Crippen molar-refractivity contribution < 1.29 is 14.4 Å². The van der Waals surface area contributed by atoms with Gasteiger partial charge in [-0.1, -0.05) is 38.1 Å². The first kappa shape index (κ1) is 22.1. The zero-order chi connectivity index (χ0) is 21.8. The highest BCUT2D eigenvalue weighted by Gasteiger charge is 2.36. The van der Waals surface area contributed by atoms with Crippen molar-refractivity contribution in [2.45, 2.75) is 47.5 Å². The summed E-state index contributed by atoms with van der Waals surface area (Å²) < 4.78 is 0. The van der Waals surface area contributed by atoms with Crippen molar-refractivity contribution in [2.24, 2.45) is 5.41 Å². The molecular weight excluding hydrogens is 366 g/mol. The van der Waals surface area contributed by atoms with Crippen molar-refractivity contribution in [2.75, 3.05) is 16.0 Å². The molecule has 0 bridgehead atoms. The molecule has 0 unspecified atom stereocenters. The van der Waals surface area contributed by atoms with Gasteiger partial charge >= 0.3 is 0 Å². The van der Waals surface area contributed by atoms with Crippen LogP contribution in [0, 0.1) is 12.3 Å². The topological polar surface area (TPSA) is 87.3 Å². The van der Waals surface area contributed by atoms with Crippen molar-refractivity contribution >= 4 is 34.8 Å². The minimum atomic E-state index is -1.31. The molecule has 0 aliphatic heterocycles. The maximum atomic E-state index is 13.0. The van der Waals surface area contributed by atoms with Crippen molar-refractivity contribution in [3.63, 3.8) is 0 Å². The average Bonchev–Trinajstić information content (AvgIpc) is 2.62. The van der Waals surface area contributed by atoms with Crippen LogP contribution in [0.15, 0.2) is 42.5 Å². The summed E-state index contributed by atoms with van der Waals surface area (Å²) in [6, 6.07) is 12.7. The molecule has 6 nitrogen and oxygen atoms in total. The Morgan fingerprint density at radius 2 is 1.41 bits per heavy atom. The zero-order valence-electron chi connectivity index (χ0n) is 17.8. The first-order chi connectivity index (χ1) is 13.5. The van der Waals surface area contributed by atoms with Gasteiger partial charge in [-0.3, -0.25) is 14.4 Å². The zero-order valence-corrected chi connectivity index (χ0v) is 17.8. The number of carbonyl (C=O) groups excluding carboxylic acids is 3. The number of carbonyl (C=O) groups is 3. The van der Waals surface area contributed by atoms with E-state index in [1.54, 1.807) is 38.1 Å². The van der Waals surface area contributed by atoms with Crippen LogP contribution in [-0.2, 0) is 14.4 Å². The van der Waals surface area contributed by atoms with Gasteiger partial charge in [-0.05, 0) is 56.0 Å². The van der Waals surface area contributed by atoms with E-state index in [-0.39, 0.29) is 17.7 Å². The molecule has 0 atom stereocenters. The summed E-state index contributed by atoms with van der Waals surface area (Å²) in [6.45, 7) is 10.6. The van der Waals surface area contributed by atoms with Gasteiger partial charge in [0, 0.05) is 24.0 Å².